The Balaban J connectivity index is 1.57. The Bertz CT molecular complexity index is 1420. The smallest absolute Gasteiger partial charge is 0.335 e. The first-order valence-electron chi connectivity index (χ1n) is 10.3. The maximum absolute atomic E-state index is 13.3. The summed E-state index contributed by atoms with van der Waals surface area (Å²) in [5, 5.41) is 3.06. The molecule has 0 radical (unpaired) electrons. The Morgan fingerprint density at radius 2 is 1.55 bits per heavy atom. The minimum absolute atomic E-state index is 0.170. The molecule has 1 aromatic heterocycles. The van der Waals surface area contributed by atoms with Gasteiger partial charge in [0.1, 0.15) is 11.4 Å². The molecule has 0 saturated carbocycles. The Hall–Kier alpha value is -4.52. The summed E-state index contributed by atoms with van der Waals surface area (Å²) in [5.74, 6) is -2.04. The molecule has 33 heavy (non-hydrogen) atoms. The molecule has 7 heteroatoms. The molecule has 1 aliphatic rings. The lowest BCUT2D eigenvalue weighted by Crippen LogP contribution is -2.54. The third-order valence-corrected chi connectivity index (χ3v) is 5.50. The van der Waals surface area contributed by atoms with E-state index < -0.39 is 23.7 Å². The second kappa shape index (κ2) is 8.20. The van der Waals surface area contributed by atoms with Gasteiger partial charge in [0.05, 0.1) is 5.69 Å². The fourth-order valence-electron chi connectivity index (χ4n) is 3.94. The third-order valence-electron chi connectivity index (χ3n) is 5.50. The van der Waals surface area contributed by atoms with Crippen LogP contribution in [-0.2, 0) is 16.1 Å². The molecule has 4 amide bonds. The second-order valence-corrected chi connectivity index (χ2v) is 7.65. The molecule has 0 bridgehead atoms. The van der Waals surface area contributed by atoms with Gasteiger partial charge in [0.15, 0.2) is 0 Å². The first kappa shape index (κ1) is 20.4. The first-order chi connectivity index (χ1) is 16.0. The highest BCUT2D eigenvalue weighted by molar-refractivity contribution is 6.39. The van der Waals surface area contributed by atoms with Crippen LogP contribution in [0.5, 0.6) is 0 Å². The highest BCUT2D eigenvalue weighted by Gasteiger charge is 2.37. The Kier molecular flexibility index (Phi) is 5.06. The second-order valence-electron chi connectivity index (χ2n) is 7.65. The molecule has 1 aliphatic heterocycles. The van der Waals surface area contributed by atoms with E-state index in [4.69, 9.17) is 0 Å². The highest BCUT2D eigenvalue weighted by atomic mass is 19.1. The molecule has 0 spiro atoms. The molecule has 0 unspecified atom stereocenters. The SMILES string of the molecule is O=C1NC(=O)N(c2ccc(F)cc2)C(=O)/C1=C/c1cn(Cc2ccccc2)c2ccccc12. The van der Waals surface area contributed by atoms with E-state index in [9.17, 15) is 18.8 Å². The number of rotatable bonds is 4. The van der Waals surface area contributed by atoms with Crippen molar-refractivity contribution in [2.24, 2.45) is 0 Å². The average molecular weight is 439 g/mol. The Morgan fingerprint density at radius 3 is 2.30 bits per heavy atom. The molecular formula is C26H18FN3O3. The van der Waals surface area contributed by atoms with E-state index in [1.54, 1.807) is 0 Å². The third kappa shape index (κ3) is 3.80. The van der Waals surface area contributed by atoms with Crippen molar-refractivity contribution in [2.75, 3.05) is 4.90 Å². The van der Waals surface area contributed by atoms with Gasteiger partial charge in [0.25, 0.3) is 11.8 Å². The molecule has 6 nitrogen and oxygen atoms in total. The van der Waals surface area contributed by atoms with Crippen molar-refractivity contribution in [1.29, 1.82) is 0 Å². The number of para-hydroxylation sites is 1. The number of anilines is 1. The van der Waals surface area contributed by atoms with Gasteiger partial charge >= 0.3 is 6.03 Å². The van der Waals surface area contributed by atoms with Crippen LogP contribution < -0.4 is 10.2 Å². The number of urea groups is 1. The highest BCUT2D eigenvalue weighted by Crippen LogP contribution is 2.27. The molecule has 2 heterocycles. The number of nitrogens with one attached hydrogen (secondary N) is 1. The van der Waals surface area contributed by atoms with E-state index in [0.29, 0.717) is 12.1 Å². The maximum Gasteiger partial charge on any atom is 0.335 e. The van der Waals surface area contributed by atoms with Crippen LogP contribution in [0.2, 0.25) is 0 Å². The van der Waals surface area contributed by atoms with Crippen LogP contribution in [0.3, 0.4) is 0 Å². The Morgan fingerprint density at radius 1 is 0.848 bits per heavy atom. The van der Waals surface area contributed by atoms with Crippen molar-refractivity contribution in [3.63, 3.8) is 0 Å². The predicted molar refractivity (Wildman–Crippen MR) is 123 cm³/mol. The zero-order valence-corrected chi connectivity index (χ0v) is 17.4. The predicted octanol–water partition coefficient (Wildman–Crippen LogP) is 4.50. The number of hydrogen-bond acceptors (Lipinski definition) is 3. The molecule has 4 aromatic rings. The standard InChI is InChI=1S/C26H18FN3O3/c27-19-10-12-20(13-11-19)30-25(32)22(24(31)28-26(30)33)14-18-16-29(15-17-6-2-1-3-7-17)23-9-5-4-8-21(18)23/h1-14,16H,15H2,(H,28,31,33)/b22-14+. The summed E-state index contributed by atoms with van der Waals surface area (Å²) in [5.41, 5.74) is 2.72. The number of carbonyl (C=O) groups is 3. The van der Waals surface area contributed by atoms with Crippen molar-refractivity contribution in [3.8, 4) is 0 Å². The van der Waals surface area contributed by atoms with Crippen molar-refractivity contribution < 1.29 is 18.8 Å². The lowest BCUT2D eigenvalue weighted by atomic mass is 10.1. The van der Waals surface area contributed by atoms with Gasteiger partial charge in [-0.25, -0.2) is 14.1 Å². The number of carbonyl (C=O) groups excluding carboxylic acids is 3. The van der Waals surface area contributed by atoms with Gasteiger partial charge in [-0.05, 0) is 42.0 Å². The van der Waals surface area contributed by atoms with Crippen LogP contribution in [0.1, 0.15) is 11.1 Å². The van der Waals surface area contributed by atoms with Gasteiger partial charge in [-0.15, -0.1) is 0 Å². The van der Waals surface area contributed by atoms with Crippen LogP contribution in [0.15, 0.2) is 90.6 Å². The number of amides is 4. The summed E-state index contributed by atoms with van der Waals surface area (Å²) in [6, 6.07) is 21.7. The number of nitrogens with zero attached hydrogens (tertiary/aromatic N) is 2. The van der Waals surface area contributed by atoms with Crippen molar-refractivity contribution in [2.45, 2.75) is 6.54 Å². The van der Waals surface area contributed by atoms with Crippen molar-refractivity contribution >= 4 is 40.5 Å². The van der Waals surface area contributed by atoms with Crippen LogP contribution in [0.4, 0.5) is 14.9 Å². The fourth-order valence-corrected chi connectivity index (χ4v) is 3.94. The average Bonchev–Trinajstić information content (AvgIpc) is 3.16. The van der Waals surface area contributed by atoms with E-state index in [0.717, 1.165) is 33.5 Å². The maximum atomic E-state index is 13.3. The van der Waals surface area contributed by atoms with Crippen molar-refractivity contribution in [1.82, 2.24) is 9.88 Å². The summed E-state index contributed by atoms with van der Waals surface area (Å²) in [6.07, 6.45) is 3.37. The van der Waals surface area contributed by atoms with Crippen LogP contribution >= 0.6 is 0 Å². The minimum atomic E-state index is -0.875. The number of barbiturate groups is 1. The number of benzene rings is 3. The number of imide groups is 2. The van der Waals surface area contributed by atoms with Gasteiger partial charge in [-0.1, -0.05) is 48.5 Å². The molecule has 1 N–H and O–H groups in total. The van der Waals surface area contributed by atoms with E-state index in [1.807, 2.05) is 65.4 Å². The molecule has 0 atom stereocenters. The van der Waals surface area contributed by atoms with E-state index >= 15 is 0 Å². The van der Waals surface area contributed by atoms with Gasteiger partial charge in [-0.3, -0.25) is 14.9 Å². The molecule has 162 valence electrons. The van der Waals surface area contributed by atoms with E-state index in [1.165, 1.54) is 18.2 Å². The molecule has 3 aromatic carbocycles. The zero-order chi connectivity index (χ0) is 22.9. The Labute approximate surface area is 188 Å². The van der Waals surface area contributed by atoms with Crippen LogP contribution in [0, 0.1) is 5.82 Å². The molecule has 1 saturated heterocycles. The molecule has 0 aliphatic carbocycles. The van der Waals surface area contributed by atoms with E-state index in [2.05, 4.69) is 5.32 Å². The van der Waals surface area contributed by atoms with E-state index in [-0.39, 0.29) is 11.3 Å². The zero-order valence-electron chi connectivity index (χ0n) is 17.4. The van der Waals surface area contributed by atoms with Crippen LogP contribution in [-0.4, -0.2) is 22.4 Å². The normalized spacial score (nSPS) is 15.4. The number of hydrogen-bond donors (Lipinski definition) is 1. The van der Waals surface area contributed by atoms with Gasteiger partial charge in [-0.2, -0.15) is 0 Å². The van der Waals surface area contributed by atoms with Gasteiger partial charge < -0.3 is 4.57 Å². The summed E-state index contributed by atoms with van der Waals surface area (Å²) in [6.45, 7) is 0.616. The first-order valence-corrected chi connectivity index (χ1v) is 10.3. The minimum Gasteiger partial charge on any atom is -0.342 e. The molecule has 1 fully saturated rings. The van der Waals surface area contributed by atoms with Crippen LogP contribution in [0.25, 0.3) is 17.0 Å². The molecular weight excluding hydrogens is 421 g/mol. The largest absolute Gasteiger partial charge is 0.342 e. The lowest BCUT2D eigenvalue weighted by Gasteiger charge is -2.26. The number of aromatic nitrogens is 1. The summed E-state index contributed by atoms with van der Waals surface area (Å²) in [4.78, 5) is 38.9. The topological polar surface area (TPSA) is 71.4 Å². The van der Waals surface area contributed by atoms with Gasteiger partial charge in [0.2, 0.25) is 0 Å². The number of halogens is 1. The summed E-state index contributed by atoms with van der Waals surface area (Å²) >= 11 is 0. The van der Waals surface area contributed by atoms with Crippen molar-refractivity contribution in [3.05, 3.63) is 108 Å². The quantitative estimate of drug-likeness (QED) is 0.376. The number of fused-ring (bicyclic) bond motifs is 1. The molecule has 5 rings (SSSR count). The summed E-state index contributed by atoms with van der Waals surface area (Å²) < 4.78 is 15.4. The monoisotopic (exact) mass is 439 g/mol. The van der Waals surface area contributed by atoms with Gasteiger partial charge in [0, 0.05) is 29.2 Å². The fraction of sp³-hybridized carbons (Fsp3) is 0.0385. The lowest BCUT2D eigenvalue weighted by molar-refractivity contribution is -0.122. The summed E-state index contributed by atoms with van der Waals surface area (Å²) in [7, 11) is 0.